The highest BCUT2D eigenvalue weighted by Gasteiger charge is 2.43. The number of non-ortho nitro benzene ring substituents is 1. The molecule has 11 nitrogen and oxygen atoms in total. The summed E-state index contributed by atoms with van der Waals surface area (Å²) in [5, 5.41) is 11.3. The van der Waals surface area contributed by atoms with Gasteiger partial charge in [-0.25, -0.2) is 14.4 Å². The third-order valence-electron chi connectivity index (χ3n) is 5.87. The quantitative estimate of drug-likeness (QED) is 0.300. The van der Waals surface area contributed by atoms with Crippen molar-refractivity contribution in [1.29, 1.82) is 0 Å². The fraction of sp³-hybridized carbons (Fsp3) is 0.130. The predicted molar refractivity (Wildman–Crippen MR) is 130 cm³/mol. The van der Waals surface area contributed by atoms with E-state index < -0.39 is 38.5 Å². The number of hydrogen-bond donors (Lipinski definition) is 0. The first kappa shape index (κ1) is 23.2. The van der Waals surface area contributed by atoms with Crippen LogP contribution < -0.4 is 9.80 Å². The van der Waals surface area contributed by atoms with E-state index in [1.807, 2.05) is 0 Å². The summed E-state index contributed by atoms with van der Waals surface area (Å²) in [6, 6.07) is 9.80. The van der Waals surface area contributed by atoms with Gasteiger partial charge in [0.25, 0.3) is 11.6 Å². The highest BCUT2D eigenvalue weighted by molar-refractivity contribution is 8.44. The van der Waals surface area contributed by atoms with Gasteiger partial charge in [-0.2, -0.15) is 15.0 Å². The molecule has 3 amide bonds. The van der Waals surface area contributed by atoms with Crippen LogP contribution in [0.3, 0.4) is 0 Å². The van der Waals surface area contributed by atoms with Crippen LogP contribution in [0.15, 0.2) is 64.7 Å². The molecule has 5 rings (SSSR count). The fourth-order valence-electron chi connectivity index (χ4n) is 4.03. The van der Waals surface area contributed by atoms with Crippen LogP contribution in [0, 0.1) is 15.9 Å². The summed E-state index contributed by atoms with van der Waals surface area (Å²) >= 11 is 0. The molecule has 182 valence electrons. The molecule has 3 aromatic rings. The molecule has 0 N–H and O–H groups in total. The maximum atomic E-state index is 15.2. The maximum absolute atomic E-state index is 15.2. The number of amides is 3. The Labute approximate surface area is 204 Å². The number of anilines is 2. The zero-order valence-corrected chi connectivity index (χ0v) is 19.7. The first-order valence-electron chi connectivity index (χ1n) is 10.5. The Morgan fingerprint density at radius 2 is 1.75 bits per heavy atom. The molecule has 2 aromatic carbocycles. The summed E-state index contributed by atoms with van der Waals surface area (Å²) in [6.45, 7) is -0.0947. The van der Waals surface area contributed by atoms with Crippen molar-refractivity contribution < 1.29 is 23.7 Å². The number of hydrogen-bond acceptors (Lipinski definition) is 7. The molecule has 0 spiro atoms. The zero-order valence-electron chi connectivity index (χ0n) is 18.9. The second-order valence-electron chi connectivity index (χ2n) is 8.32. The Balaban J connectivity index is 1.57. The van der Waals surface area contributed by atoms with Crippen LogP contribution >= 0.6 is 10.0 Å². The summed E-state index contributed by atoms with van der Waals surface area (Å²) in [6.07, 6.45) is 6.34. The third kappa shape index (κ3) is 3.60. The van der Waals surface area contributed by atoms with E-state index in [0.29, 0.717) is 4.90 Å². The molecule has 2 aliphatic heterocycles. The van der Waals surface area contributed by atoms with Crippen molar-refractivity contribution in [2.24, 2.45) is 4.99 Å². The number of nitro groups is 1. The van der Waals surface area contributed by atoms with Gasteiger partial charge in [0.2, 0.25) is 5.95 Å². The van der Waals surface area contributed by atoms with E-state index in [-0.39, 0.29) is 40.2 Å². The standard InChI is InChI=1S/C23H17FN6O5S/c1-36(2,15-6-3-5-13(9-15)30(34)35)23-27-19(31)21(33)29(23)14-10-16-17(18(24)11-14)12-28(20(16)32)22-25-7-4-8-26-22/h3-11H,12H2,1-2H3. The second kappa shape index (κ2) is 8.30. The minimum Gasteiger partial charge on any atom is -0.272 e. The molecule has 0 aliphatic carbocycles. The third-order valence-corrected chi connectivity index (χ3v) is 8.49. The van der Waals surface area contributed by atoms with Crippen molar-refractivity contribution >= 4 is 50.2 Å². The molecule has 0 atom stereocenters. The van der Waals surface area contributed by atoms with Gasteiger partial charge in [0.15, 0.2) is 5.17 Å². The summed E-state index contributed by atoms with van der Waals surface area (Å²) < 4.78 is 15.2. The van der Waals surface area contributed by atoms with E-state index in [1.54, 1.807) is 24.6 Å². The normalized spacial score (nSPS) is 15.9. The van der Waals surface area contributed by atoms with Gasteiger partial charge in [-0.1, -0.05) is 6.07 Å². The van der Waals surface area contributed by atoms with E-state index >= 15 is 4.39 Å². The maximum Gasteiger partial charge on any atom is 0.338 e. The Morgan fingerprint density at radius 3 is 2.44 bits per heavy atom. The molecule has 0 saturated carbocycles. The average Bonchev–Trinajstić information content (AvgIpc) is 3.36. The van der Waals surface area contributed by atoms with Gasteiger partial charge in [0.1, 0.15) is 5.82 Å². The molecule has 0 unspecified atom stereocenters. The highest BCUT2D eigenvalue weighted by Crippen LogP contribution is 2.54. The lowest BCUT2D eigenvalue weighted by Crippen LogP contribution is -2.36. The molecule has 0 saturated heterocycles. The van der Waals surface area contributed by atoms with Crippen LogP contribution in [0.25, 0.3) is 0 Å². The number of fused-ring (bicyclic) bond motifs is 1. The molecule has 36 heavy (non-hydrogen) atoms. The number of aliphatic imine (C=N–C) groups is 1. The van der Waals surface area contributed by atoms with E-state index in [1.165, 1.54) is 41.6 Å². The van der Waals surface area contributed by atoms with Gasteiger partial charge in [-0.3, -0.25) is 34.3 Å². The first-order chi connectivity index (χ1) is 17.1. The molecular formula is C23H17FN6O5S. The SMILES string of the molecule is CS(C)(C1=NC(=O)C(=O)N1c1cc(F)c2c(c1)C(=O)N(c1ncccn1)C2)c1cccc([N+](=O)[O-])c1. The van der Waals surface area contributed by atoms with Crippen LogP contribution in [0.5, 0.6) is 0 Å². The van der Waals surface area contributed by atoms with Crippen LogP contribution in [-0.4, -0.2) is 50.3 Å². The van der Waals surface area contributed by atoms with Crippen LogP contribution in [0.4, 0.5) is 21.7 Å². The van der Waals surface area contributed by atoms with Gasteiger partial charge in [-0.15, -0.1) is 0 Å². The van der Waals surface area contributed by atoms with E-state index in [2.05, 4.69) is 15.0 Å². The molecule has 0 radical (unpaired) electrons. The Hall–Kier alpha value is -4.52. The van der Waals surface area contributed by atoms with Crippen molar-refractivity contribution in [3.05, 3.63) is 81.9 Å². The average molecular weight is 508 g/mol. The summed E-state index contributed by atoms with van der Waals surface area (Å²) in [5.41, 5.74) is -0.0885. The lowest BCUT2D eigenvalue weighted by molar-refractivity contribution is -0.385. The number of benzene rings is 2. The minimum absolute atomic E-state index is 0.00658. The minimum atomic E-state index is -2.26. The summed E-state index contributed by atoms with van der Waals surface area (Å²) in [5.74, 6) is -3.26. The van der Waals surface area contributed by atoms with E-state index in [9.17, 15) is 24.5 Å². The van der Waals surface area contributed by atoms with Crippen molar-refractivity contribution in [3.8, 4) is 0 Å². The highest BCUT2D eigenvalue weighted by atomic mass is 32.3. The largest absolute Gasteiger partial charge is 0.338 e. The Kier molecular flexibility index (Phi) is 5.36. The number of nitro benzene ring substituents is 1. The number of rotatable bonds is 4. The Morgan fingerprint density at radius 1 is 1.03 bits per heavy atom. The lowest BCUT2D eigenvalue weighted by atomic mass is 10.1. The van der Waals surface area contributed by atoms with Crippen molar-refractivity contribution in [3.63, 3.8) is 0 Å². The topological polar surface area (TPSA) is 139 Å². The number of carbonyl (C=O) groups excluding carboxylic acids is 3. The first-order valence-corrected chi connectivity index (χ1v) is 12.9. The number of halogens is 1. The smallest absolute Gasteiger partial charge is 0.272 e. The fourth-order valence-corrected chi connectivity index (χ4v) is 6.03. The van der Waals surface area contributed by atoms with E-state index in [0.717, 1.165) is 11.0 Å². The van der Waals surface area contributed by atoms with Crippen LogP contribution in [0.1, 0.15) is 15.9 Å². The number of aromatic nitrogens is 2. The van der Waals surface area contributed by atoms with Gasteiger partial charge >= 0.3 is 11.8 Å². The molecule has 1 aromatic heterocycles. The van der Waals surface area contributed by atoms with E-state index in [4.69, 9.17) is 0 Å². The van der Waals surface area contributed by atoms with Crippen molar-refractivity contribution in [2.45, 2.75) is 11.4 Å². The van der Waals surface area contributed by atoms with Gasteiger partial charge in [0, 0.05) is 35.0 Å². The number of amidine groups is 1. The zero-order chi connectivity index (χ0) is 25.8. The summed E-state index contributed by atoms with van der Waals surface area (Å²) in [4.78, 5) is 63.8. The molecule has 2 aliphatic rings. The van der Waals surface area contributed by atoms with Crippen molar-refractivity contribution in [2.75, 3.05) is 22.3 Å². The van der Waals surface area contributed by atoms with Crippen molar-refractivity contribution in [1.82, 2.24) is 9.97 Å². The Bertz CT molecular complexity index is 1510. The molecular weight excluding hydrogens is 491 g/mol. The monoisotopic (exact) mass is 508 g/mol. The molecule has 0 fully saturated rings. The van der Waals surface area contributed by atoms with Crippen LogP contribution in [-0.2, 0) is 16.1 Å². The number of carbonyl (C=O) groups is 3. The lowest BCUT2D eigenvalue weighted by Gasteiger charge is -2.35. The predicted octanol–water partition coefficient (Wildman–Crippen LogP) is 3.04. The van der Waals surface area contributed by atoms with Gasteiger partial charge in [0.05, 0.1) is 22.7 Å². The second-order valence-corrected chi connectivity index (χ2v) is 11.8. The summed E-state index contributed by atoms with van der Waals surface area (Å²) in [7, 11) is -2.26. The molecule has 0 bridgehead atoms. The molecule has 3 heterocycles. The molecule has 13 heteroatoms. The van der Waals surface area contributed by atoms with Crippen LogP contribution in [0.2, 0.25) is 0 Å². The van der Waals surface area contributed by atoms with Gasteiger partial charge in [-0.05, 0) is 36.8 Å². The number of nitrogens with zero attached hydrogens (tertiary/aromatic N) is 6. The van der Waals surface area contributed by atoms with Gasteiger partial charge < -0.3 is 0 Å².